The van der Waals surface area contributed by atoms with Gasteiger partial charge in [0, 0.05) is 99.8 Å². The summed E-state index contributed by atoms with van der Waals surface area (Å²) in [6.07, 6.45) is 5.89. The summed E-state index contributed by atoms with van der Waals surface area (Å²) in [5.74, 6) is -0.566. The standard InChI is InChI=1S/C23H21FN8.C23H27FN4O2.C18H19FN4/c1-13(30-23-16(11-25)22(26)28-12-29-23)20-19(18-6-4-5-9-27-18)21(32(2)3)15-10-14(24)7-8-17(15)31-20;1-14(26-22(29)30-23(2,3)4)20-19(18-9-7-8-12-25-18)21(28(5)6)16-13-15(24)10-11-17(16)27-20;1-11(20)17-16(15-6-4-5-9-21-15)18(23(2)3)13-10-12(19)7-8-14(13)22-17/h4-10,12-13H,1-3H3,(H3,26,28,29,30);7-14H,1-6H3,(H,26,29);4-11H,20H2,1-3H3. The molecule has 3 atom stereocenters. The number of fused-ring (bicyclic) bond motifs is 3. The number of nitrogen functional groups attached to an aromatic ring is 1. The van der Waals surface area contributed by atoms with Crippen LogP contribution in [0.4, 0.5) is 46.7 Å². The summed E-state index contributed by atoms with van der Waals surface area (Å²) in [5, 5.41) is 17.7. The second-order valence-electron chi connectivity index (χ2n) is 21.6. The van der Waals surface area contributed by atoms with Crippen molar-refractivity contribution in [1.82, 2.24) is 45.2 Å². The van der Waals surface area contributed by atoms with E-state index in [1.807, 2.05) is 159 Å². The summed E-state index contributed by atoms with van der Waals surface area (Å²) >= 11 is 0. The molecular weight excluding hydrogens is 1080 g/mol. The molecular formula is C64H67F3N16O2. The van der Waals surface area contributed by atoms with Gasteiger partial charge in [0.2, 0.25) is 0 Å². The molecule has 0 bridgehead atoms. The van der Waals surface area contributed by atoms with Crippen molar-refractivity contribution in [1.29, 1.82) is 5.26 Å². The van der Waals surface area contributed by atoms with Crippen LogP contribution < -0.4 is 36.8 Å². The van der Waals surface area contributed by atoms with Gasteiger partial charge in [-0.2, -0.15) is 5.26 Å². The van der Waals surface area contributed by atoms with Gasteiger partial charge in [0.15, 0.2) is 0 Å². The molecule has 0 spiro atoms. The number of aromatic nitrogens is 8. The van der Waals surface area contributed by atoms with Crippen molar-refractivity contribution in [2.24, 2.45) is 5.73 Å². The first-order valence-electron chi connectivity index (χ1n) is 27.1. The second kappa shape index (κ2) is 26.0. The number of benzene rings is 3. The number of nitrogens with two attached hydrogens (primary N) is 2. The van der Waals surface area contributed by atoms with Crippen LogP contribution in [0, 0.1) is 28.8 Å². The quantitative estimate of drug-likeness (QED) is 0.0889. The molecule has 0 saturated carbocycles. The zero-order valence-corrected chi connectivity index (χ0v) is 49.4. The molecule has 21 heteroatoms. The lowest BCUT2D eigenvalue weighted by atomic mass is 9.98. The van der Waals surface area contributed by atoms with Crippen LogP contribution in [0.2, 0.25) is 0 Å². The number of ether oxygens (including phenoxy) is 1. The van der Waals surface area contributed by atoms with E-state index < -0.39 is 17.7 Å². The van der Waals surface area contributed by atoms with Crippen molar-refractivity contribution in [3.8, 4) is 39.8 Å². The van der Waals surface area contributed by atoms with E-state index in [1.165, 1.54) is 42.7 Å². The Morgan fingerprint density at radius 1 is 0.576 bits per heavy atom. The molecule has 0 radical (unpaired) electrons. The van der Waals surface area contributed by atoms with Crippen LogP contribution in [0.3, 0.4) is 0 Å². The van der Waals surface area contributed by atoms with Crippen molar-refractivity contribution in [3.63, 3.8) is 0 Å². The van der Waals surface area contributed by atoms with Crippen LogP contribution >= 0.6 is 0 Å². The number of alkyl carbamates (subject to hydrolysis) is 1. The molecule has 10 aromatic rings. The van der Waals surface area contributed by atoms with Gasteiger partial charge in [-0.3, -0.25) is 19.9 Å². The Labute approximate surface area is 491 Å². The van der Waals surface area contributed by atoms with E-state index in [1.54, 1.807) is 36.8 Å². The van der Waals surface area contributed by atoms with Gasteiger partial charge in [-0.1, -0.05) is 18.2 Å². The number of nitrogens with zero attached hydrogens (tertiary/aromatic N) is 12. The number of carbonyl (C=O) groups excluding carboxylic acids is 1. The number of carbonyl (C=O) groups is 1. The fourth-order valence-electron chi connectivity index (χ4n) is 9.80. The van der Waals surface area contributed by atoms with Gasteiger partial charge >= 0.3 is 6.09 Å². The second-order valence-corrected chi connectivity index (χ2v) is 21.6. The average Bonchev–Trinajstić information content (AvgIpc) is 2.24. The molecule has 3 aromatic carbocycles. The summed E-state index contributed by atoms with van der Waals surface area (Å²) < 4.78 is 47.4. The minimum atomic E-state index is -0.614. The smallest absolute Gasteiger partial charge is 0.408 e. The SMILES string of the molecule is CC(N)c1nc2ccc(F)cc2c(N(C)C)c1-c1ccccn1.CC(NC(=O)OC(C)(C)C)c1nc2ccc(F)cc2c(N(C)C)c1-c1ccccn1.CC(Nc1ncnc(N)c1C#N)c1nc2ccc(F)cc2c(N(C)C)c1-c1ccccn1. The van der Waals surface area contributed by atoms with E-state index in [9.17, 15) is 23.2 Å². The summed E-state index contributed by atoms with van der Waals surface area (Å²) in [5.41, 5.74) is 22.6. The van der Waals surface area contributed by atoms with Gasteiger partial charge in [-0.25, -0.2) is 37.9 Å². The molecule has 6 N–H and O–H groups in total. The summed E-state index contributed by atoms with van der Waals surface area (Å²) in [6, 6.07) is 31.4. The van der Waals surface area contributed by atoms with Gasteiger partial charge in [-0.15, -0.1) is 0 Å². The number of hydrogen-bond acceptors (Lipinski definition) is 17. The fourth-order valence-corrected chi connectivity index (χ4v) is 9.80. The summed E-state index contributed by atoms with van der Waals surface area (Å²) in [7, 11) is 11.4. The monoisotopic (exact) mass is 1150 g/mol. The van der Waals surface area contributed by atoms with Gasteiger partial charge < -0.3 is 41.5 Å². The van der Waals surface area contributed by atoms with Crippen LogP contribution in [-0.4, -0.2) is 93.9 Å². The minimum absolute atomic E-state index is 0.0954. The lowest BCUT2D eigenvalue weighted by molar-refractivity contribution is 0.0507. The number of halogens is 3. The highest BCUT2D eigenvalue weighted by Gasteiger charge is 2.28. The highest BCUT2D eigenvalue weighted by atomic mass is 19.1. The normalized spacial score (nSPS) is 12.2. The highest BCUT2D eigenvalue weighted by molar-refractivity contribution is 6.03. The van der Waals surface area contributed by atoms with Crippen LogP contribution in [0.5, 0.6) is 0 Å². The Morgan fingerprint density at radius 2 is 0.965 bits per heavy atom. The number of hydrogen-bond donors (Lipinski definition) is 4. The molecule has 3 unspecified atom stereocenters. The number of anilines is 5. The van der Waals surface area contributed by atoms with E-state index in [0.717, 1.165) is 56.0 Å². The van der Waals surface area contributed by atoms with Crippen molar-refractivity contribution < 1.29 is 22.7 Å². The van der Waals surface area contributed by atoms with Gasteiger partial charge in [-0.05, 0) is 133 Å². The Balaban J connectivity index is 0.000000168. The van der Waals surface area contributed by atoms with Gasteiger partial charge in [0.05, 0.1) is 79.9 Å². The maximum Gasteiger partial charge on any atom is 0.408 e. The molecule has 0 fully saturated rings. The Bertz CT molecular complexity index is 4070. The minimum Gasteiger partial charge on any atom is -0.444 e. The van der Waals surface area contributed by atoms with Crippen LogP contribution in [0.25, 0.3) is 66.5 Å². The van der Waals surface area contributed by atoms with Crippen LogP contribution in [-0.2, 0) is 4.74 Å². The molecule has 0 aliphatic heterocycles. The Kier molecular flexibility index (Phi) is 18.7. The summed E-state index contributed by atoms with van der Waals surface area (Å²) in [4.78, 5) is 54.0. The predicted molar refractivity (Wildman–Crippen MR) is 331 cm³/mol. The number of pyridine rings is 6. The number of rotatable bonds is 12. The highest BCUT2D eigenvalue weighted by Crippen LogP contribution is 2.43. The molecule has 7 aromatic heterocycles. The zero-order chi connectivity index (χ0) is 61.4. The van der Waals surface area contributed by atoms with E-state index in [-0.39, 0.29) is 40.9 Å². The first kappa shape index (κ1) is 61.0. The van der Waals surface area contributed by atoms with Gasteiger partial charge in [0.25, 0.3) is 0 Å². The van der Waals surface area contributed by atoms with Crippen LogP contribution in [0.1, 0.15) is 82.3 Å². The topological polar surface area (TPSA) is 239 Å². The zero-order valence-electron chi connectivity index (χ0n) is 49.4. The van der Waals surface area contributed by atoms with Crippen LogP contribution in [0.15, 0.2) is 134 Å². The third-order valence-corrected chi connectivity index (χ3v) is 13.3. The predicted octanol–water partition coefficient (Wildman–Crippen LogP) is 12.5. The molecule has 0 aliphatic carbocycles. The Hall–Kier alpha value is -10.1. The first-order chi connectivity index (χ1) is 40.5. The fraction of sp³-hybridized carbons (Fsp3) is 0.250. The third kappa shape index (κ3) is 13.9. The maximum atomic E-state index is 14.2. The molecule has 0 saturated heterocycles. The molecule has 436 valence electrons. The van der Waals surface area contributed by atoms with Crippen molar-refractivity contribution in [2.45, 2.75) is 65.3 Å². The average molecular weight is 1150 g/mol. The number of nitrogens with one attached hydrogen (secondary N) is 2. The lowest BCUT2D eigenvalue weighted by Crippen LogP contribution is -2.34. The van der Waals surface area contributed by atoms with E-state index >= 15 is 0 Å². The largest absolute Gasteiger partial charge is 0.444 e. The Morgan fingerprint density at radius 3 is 1.32 bits per heavy atom. The van der Waals surface area contributed by atoms with Crippen molar-refractivity contribution >= 4 is 67.5 Å². The van der Waals surface area contributed by atoms with E-state index in [0.29, 0.717) is 50.4 Å². The first-order valence-corrected chi connectivity index (χ1v) is 27.1. The molecule has 18 nitrogen and oxygen atoms in total. The maximum absolute atomic E-state index is 14.2. The molecule has 7 heterocycles. The van der Waals surface area contributed by atoms with E-state index in [4.69, 9.17) is 26.2 Å². The van der Waals surface area contributed by atoms with Crippen molar-refractivity contribution in [2.75, 3.05) is 68.0 Å². The third-order valence-electron chi connectivity index (χ3n) is 13.3. The number of amides is 1. The number of nitriles is 1. The molecule has 10 rings (SSSR count). The van der Waals surface area contributed by atoms with Crippen molar-refractivity contribution in [3.05, 3.63) is 174 Å². The molecule has 0 aliphatic rings. The van der Waals surface area contributed by atoms with E-state index in [2.05, 4.69) is 40.5 Å². The molecule has 85 heavy (non-hydrogen) atoms. The lowest BCUT2D eigenvalue weighted by Gasteiger charge is -2.26. The molecule has 1 amide bonds. The summed E-state index contributed by atoms with van der Waals surface area (Å²) in [6.45, 7) is 11.1. The van der Waals surface area contributed by atoms with Gasteiger partial charge in [0.1, 0.15) is 52.6 Å².